The summed E-state index contributed by atoms with van der Waals surface area (Å²) >= 11 is 0. The first-order chi connectivity index (χ1) is 18.2. The summed E-state index contributed by atoms with van der Waals surface area (Å²) < 4.78 is 29.4. The molecule has 192 valence electrons. The molecule has 0 saturated carbocycles. The van der Waals surface area contributed by atoms with Crippen molar-refractivity contribution in [3.8, 4) is 17.2 Å². The SMILES string of the molecule is Cc1cc(Nc2cc(C)[nH]n2)nc(-c2cnc(C(=O)N[C@@H](C)c3ccc(-n4cc(F)cn4)nc3)c(F)c2)n1. The molecule has 0 bridgehead atoms. The maximum absolute atomic E-state index is 15.0. The van der Waals surface area contributed by atoms with E-state index in [0.29, 0.717) is 34.3 Å². The van der Waals surface area contributed by atoms with Gasteiger partial charge in [-0.1, -0.05) is 6.07 Å². The van der Waals surface area contributed by atoms with Crippen molar-refractivity contribution in [1.82, 2.24) is 45.2 Å². The van der Waals surface area contributed by atoms with Gasteiger partial charge >= 0.3 is 0 Å². The van der Waals surface area contributed by atoms with E-state index in [4.69, 9.17) is 0 Å². The molecule has 11 nitrogen and oxygen atoms in total. The Morgan fingerprint density at radius 1 is 1.03 bits per heavy atom. The molecule has 0 aliphatic heterocycles. The molecule has 5 rings (SSSR count). The number of hydrogen-bond acceptors (Lipinski definition) is 8. The monoisotopic (exact) mass is 516 g/mol. The lowest BCUT2D eigenvalue weighted by molar-refractivity contribution is 0.0930. The second-order valence-corrected chi connectivity index (χ2v) is 8.58. The molecule has 1 atom stereocenters. The number of aryl methyl sites for hydroxylation is 2. The highest BCUT2D eigenvalue weighted by Gasteiger charge is 2.19. The standard InChI is InChI=1S/C25H22F2N10O/c1-13-6-20(33-21-7-14(2)35-36-21)34-24(31-13)17-8-19(27)23(29-10-17)25(38)32-15(3)16-4-5-22(28-9-16)37-12-18(26)11-30-37/h4-12,15H,1-3H3,(H,32,38)(H2,31,33,34,35,36)/t15-/m0/s1. The second-order valence-electron chi connectivity index (χ2n) is 8.58. The van der Waals surface area contributed by atoms with Crippen molar-refractivity contribution in [1.29, 1.82) is 0 Å². The minimum absolute atomic E-state index is 0.245. The lowest BCUT2D eigenvalue weighted by Crippen LogP contribution is -2.28. The van der Waals surface area contributed by atoms with Gasteiger partial charge in [-0.05, 0) is 38.5 Å². The third-order valence-corrected chi connectivity index (χ3v) is 5.53. The third kappa shape index (κ3) is 5.36. The van der Waals surface area contributed by atoms with Crippen molar-refractivity contribution in [2.75, 3.05) is 5.32 Å². The molecular weight excluding hydrogens is 494 g/mol. The third-order valence-electron chi connectivity index (χ3n) is 5.53. The van der Waals surface area contributed by atoms with E-state index < -0.39 is 23.6 Å². The zero-order valence-electron chi connectivity index (χ0n) is 20.6. The van der Waals surface area contributed by atoms with Gasteiger partial charge in [-0.25, -0.2) is 33.4 Å². The van der Waals surface area contributed by atoms with Crippen LogP contribution in [-0.2, 0) is 0 Å². The minimum Gasteiger partial charge on any atom is -0.344 e. The average Bonchev–Trinajstić information content (AvgIpc) is 3.51. The fraction of sp³-hybridized carbons (Fsp3) is 0.160. The van der Waals surface area contributed by atoms with Gasteiger partial charge in [-0.3, -0.25) is 9.89 Å². The quantitative estimate of drug-likeness (QED) is 0.295. The van der Waals surface area contributed by atoms with Gasteiger partial charge in [0.15, 0.2) is 34.8 Å². The van der Waals surface area contributed by atoms with Gasteiger partial charge < -0.3 is 10.6 Å². The number of carbonyl (C=O) groups is 1. The molecule has 0 aromatic carbocycles. The summed E-state index contributed by atoms with van der Waals surface area (Å²) in [6, 6.07) is 7.57. The molecule has 0 saturated heterocycles. The van der Waals surface area contributed by atoms with Gasteiger partial charge in [0.1, 0.15) is 5.82 Å². The molecule has 5 aromatic rings. The Morgan fingerprint density at radius 2 is 1.87 bits per heavy atom. The molecule has 38 heavy (non-hydrogen) atoms. The molecule has 1 amide bonds. The van der Waals surface area contributed by atoms with Crippen LogP contribution in [0.25, 0.3) is 17.2 Å². The lowest BCUT2D eigenvalue weighted by atomic mass is 10.1. The van der Waals surface area contributed by atoms with E-state index in [9.17, 15) is 13.6 Å². The first-order valence-electron chi connectivity index (χ1n) is 11.5. The van der Waals surface area contributed by atoms with Crippen LogP contribution in [0, 0.1) is 25.5 Å². The number of halogens is 2. The number of carbonyl (C=O) groups excluding carboxylic acids is 1. The molecule has 0 spiro atoms. The number of pyridine rings is 2. The van der Waals surface area contributed by atoms with Gasteiger partial charge in [-0.15, -0.1) is 0 Å². The van der Waals surface area contributed by atoms with Crippen LogP contribution >= 0.6 is 0 Å². The van der Waals surface area contributed by atoms with Crippen molar-refractivity contribution < 1.29 is 13.6 Å². The van der Waals surface area contributed by atoms with Crippen LogP contribution in [-0.4, -0.2) is 45.8 Å². The molecule has 0 radical (unpaired) electrons. The van der Waals surface area contributed by atoms with Crippen molar-refractivity contribution >= 4 is 17.5 Å². The lowest BCUT2D eigenvalue weighted by Gasteiger charge is -2.14. The summed E-state index contributed by atoms with van der Waals surface area (Å²) in [5.41, 5.74) is 2.14. The van der Waals surface area contributed by atoms with Gasteiger partial charge in [0, 0.05) is 41.5 Å². The molecule has 13 heteroatoms. The Kier molecular flexibility index (Phi) is 6.56. The van der Waals surface area contributed by atoms with E-state index in [1.807, 2.05) is 13.0 Å². The topological polar surface area (TPSA) is 139 Å². The summed E-state index contributed by atoms with van der Waals surface area (Å²) in [7, 11) is 0. The fourth-order valence-electron chi connectivity index (χ4n) is 3.67. The molecule has 0 unspecified atom stereocenters. The van der Waals surface area contributed by atoms with E-state index in [0.717, 1.165) is 11.9 Å². The Morgan fingerprint density at radius 3 is 2.53 bits per heavy atom. The van der Waals surface area contributed by atoms with E-state index in [1.54, 1.807) is 32.0 Å². The average molecular weight is 517 g/mol. The van der Waals surface area contributed by atoms with Crippen LogP contribution < -0.4 is 10.6 Å². The van der Waals surface area contributed by atoms with Gasteiger partial charge in [-0.2, -0.15) is 10.2 Å². The van der Waals surface area contributed by atoms with Crippen molar-refractivity contribution in [3.05, 3.63) is 89.4 Å². The number of aromatic amines is 1. The normalized spacial score (nSPS) is 11.8. The molecule has 3 N–H and O–H groups in total. The van der Waals surface area contributed by atoms with Gasteiger partial charge in [0.05, 0.1) is 18.4 Å². The van der Waals surface area contributed by atoms with Crippen molar-refractivity contribution in [2.45, 2.75) is 26.8 Å². The summed E-state index contributed by atoms with van der Waals surface area (Å²) in [6.45, 7) is 5.39. The zero-order chi connectivity index (χ0) is 26.8. The van der Waals surface area contributed by atoms with Gasteiger partial charge in [0.2, 0.25) is 0 Å². The number of nitrogens with zero attached hydrogens (tertiary/aromatic N) is 7. The molecule has 0 fully saturated rings. The predicted octanol–water partition coefficient (Wildman–Crippen LogP) is 3.97. The van der Waals surface area contributed by atoms with Crippen LogP contribution in [0.3, 0.4) is 0 Å². The Hall–Kier alpha value is -5.07. The van der Waals surface area contributed by atoms with Crippen LogP contribution in [0.2, 0.25) is 0 Å². The summed E-state index contributed by atoms with van der Waals surface area (Å²) in [4.78, 5) is 29.8. The van der Waals surface area contributed by atoms with E-state index in [1.165, 1.54) is 29.3 Å². The Balaban J connectivity index is 1.29. The number of amides is 1. The zero-order valence-corrected chi connectivity index (χ0v) is 20.6. The summed E-state index contributed by atoms with van der Waals surface area (Å²) in [5, 5.41) is 16.6. The fourth-order valence-corrected chi connectivity index (χ4v) is 3.67. The smallest absolute Gasteiger partial charge is 0.273 e. The molecule has 0 aliphatic rings. The summed E-state index contributed by atoms with van der Waals surface area (Å²) in [6.07, 6.45) is 5.15. The number of hydrogen-bond donors (Lipinski definition) is 3. The minimum atomic E-state index is -0.816. The maximum Gasteiger partial charge on any atom is 0.273 e. The predicted molar refractivity (Wildman–Crippen MR) is 134 cm³/mol. The molecular formula is C25H22F2N10O. The number of H-pyrrole nitrogens is 1. The molecule has 5 aromatic heterocycles. The maximum atomic E-state index is 15.0. The van der Waals surface area contributed by atoms with E-state index >= 15 is 0 Å². The van der Waals surface area contributed by atoms with Crippen LogP contribution in [0.1, 0.15) is 40.4 Å². The molecule has 5 heterocycles. The highest BCUT2D eigenvalue weighted by Crippen LogP contribution is 2.22. The van der Waals surface area contributed by atoms with Crippen LogP contribution in [0.5, 0.6) is 0 Å². The van der Waals surface area contributed by atoms with E-state index in [-0.39, 0.29) is 11.5 Å². The number of nitrogens with one attached hydrogen (secondary N) is 3. The van der Waals surface area contributed by atoms with E-state index in [2.05, 4.69) is 45.9 Å². The molecule has 0 aliphatic carbocycles. The first-order valence-corrected chi connectivity index (χ1v) is 11.5. The summed E-state index contributed by atoms with van der Waals surface area (Å²) in [5.74, 6) is -0.271. The highest BCUT2D eigenvalue weighted by molar-refractivity contribution is 5.93. The number of anilines is 2. The van der Waals surface area contributed by atoms with Crippen molar-refractivity contribution in [3.63, 3.8) is 0 Å². The van der Waals surface area contributed by atoms with Gasteiger partial charge in [0.25, 0.3) is 5.91 Å². The first kappa shape index (κ1) is 24.6. The number of rotatable bonds is 7. The van der Waals surface area contributed by atoms with Crippen molar-refractivity contribution in [2.24, 2.45) is 0 Å². The Labute approximate surface area is 215 Å². The highest BCUT2D eigenvalue weighted by atomic mass is 19.1. The largest absolute Gasteiger partial charge is 0.344 e. The van der Waals surface area contributed by atoms with Crippen LogP contribution in [0.15, 0.2) is 55.1 Å². The van der Waals surface area contributed by atoms with Crippen LogP contribution in [0.4, 0.5) is 20.4 Å². The Bertz CT molecular complexity index is 1610. The second kappa shape index (κ2) is 10.1. The number of aromatic nitrogens is 8.